The van der Waals surface area contributed by atoms with E-state index in [4.69, 9.17) is 5.11 Å². The fourth-order valence-electron chi connectivity index (χ4n) is 2.90. The molecule has 5 nitrogen and oxygen atoms in total. The smallest absolute Gasteiger partial charge is 0.275 e. The van der Waals surface area contributed by atoms with Crippen molar-refractivity contribution in [1.82, 2.24) is 14.7 Å². The third-order valence-corrected chi connectivity index (χ3v) is 4.29. The van der Waals surface area contributed by atoms with Crippen LogP contribution in [0.2, 0.25) is 0 Å². The molecule has 0 unspecified atom stereocenters. The highest BCUT2D eigenvalue weighted by Gasteiger charge is 2.31. The minimum absolute atomic E-state index is 0.00931. The van der Waals surface area contributed by atoms with Crippen LogP contribution in [0.5, 0.6) is 0 Å². The number of fused-ring (bicyclic) bond motifs is 1. The molecule has 1 N–H and O–H groups in total. The van der Waals surface area contributed by atoms with Crippen molar-refractivity contribution in [3.05, 3.63) is 30.0 Å². The minimum atomic E-state index is -0.00931. The fourth-order valence-corrected chi connectivity index (χ4v) is 2.90. The first-order chi connectivity index (χ1) is 10.2. The summed E-state index contributed by atoms with van der Waals surface area (Å²) in [5.41, 5.74) is 1.49. The van der Waals surface area contributed by atoms with Gasteiger partial charge in [-0.1, -0.05) is 18.2 Å². The van der Waals surface area contributed by atoms with E-state index in [1.54, 1.807) is 4.68 Å². The summed E-state index contributed by atoms with van der Waals surface area (Å²) < 4.78 is 1.76. The minimum Gasteiger partial charge on any atom is -0.396 e. The van der Waals surface area contributed by atoms with Crippen LogP contribution in [-0.4, -0.2) is 44.9 Å². The van der Waals surface area contributed by atoms with Gasteiger partial charge in [0, 0.05) is 31.6 Å². The molecule has 2 aromatic rings. The van der Waals surface area contributed by atoms with Crippen molar-refractivity contribution in [2.75, 3.05) is 13.2 Å². The van der Waals surface area contributed by atoms with Gasteiger partial charge in [-0.2, -0.15) is 5.10 Å². The molecular formula is C16H21N3O2. The molecule has 21 heavy (non-hydrogen) atoms. The van der Waals surface area contributed by atoms with Crippen LogP contribution in [-0.2, 0) is 7.05 Å². The van der Waals surface area contributed by atoms with Gasteiger partial charge in [0.15, 0.2) is 5.69 Å². The lowest BCUT2D eigenvalue weighted by Crippen LogP contribution is -2.45. The Morgan fingerprint density at radius 3 is 2.86 bits per heavy atom. The number of rotatable bonds is 5. The summed E-state index contributed by atoms with van der Waals surface area (Å²) in [6.07, 6.45) is 3.91. The number of aliphatic hydroxyl groups is 1. The van der Waals surface area contributed by atoms with E-state index >= 15 is 0 Å². The van der Waals surface area contributed by atoms with Crippen molar-refractivity contribution < 1.29 is 9.90 Å². The molecule has 1 aliphatic rings. The number of para-hydroxylation sites is 1. The van der Waals surface area contributed by atoms with Gasteiger partial charge < -0.3 is 10.0 Å². The Morgan fingerprint density at radius 1 is 1.43 bits per heavy atom. The van der Waals surface area contributed by atoms with Crippen LogP contribution in [0.4, 0.5) is 0 Å². The predicted molar refractivity (Wildman–Crippen MR) is 81.1 cm³/mol. The van der Waals surface area contributed by atoms with Crippen molar-refractivity contribution >= 4 is 16.8 Å². The lowest BCUT2D eigenvalue weighted by atomic mass is 9.91. The highest BCUT2D eigenvalue weighted by Crippen LogP contribution is 2.28. The summed E-state index contributed by atoms with van der Waals surface area (Å²) >= 11 is 0. The molecule has 1 aromatic carbocycles. The first-order valence-electron chi connectivity index (χ1n) is 7.56. The molecule has 1 aromatic heterocycles. The third kappa shape index (κ3) is 2.53. The Balaban J connectivity index is 1.93. The Labute approximate surface area is 124 Å². The second kappa shape index (κ2) is 5.85. The molecule has 0 atom stereocenters. The molecule has 1 heterocycles. The van der Waals surface area contributed by atoms with Crippen LogP contribution in [0.25, 0.3) is 10.9 Å². The number of aromatic nitrogens is 2. The molecular weight excluding hydrogens is 266 g/mol. The van der Waals surface area contributed by atoms with Gasteiger partial charge in [-0.3, -0.25) is 9.48 Å². The molecule has 112 valence electrons. The maximum absolute atomic E-state index is 12.9. The van der Waals surface area contributed by atoms with Gasteiger partial charge in [0.25, 0.3) is 5.91 Å². The van der Waals surface area contributed by atoms with Gasteiger partial charge in [0.05, 0.1) is 5.52 Å². The lowest BCUT2D eigenvalue weighted by molar-refractivity contribution is 0.0557. The van der Waals surface area contributed by atoms with Crippen molar-refractivity contribution in [3.63, 3.8) is 0 Å². The van der Waals surface area contributed by atoms with Crippen LogP contribution in [0.1, 0.15) is 36.2 Å². The van der Waals surface area contributed by atoms with E-state index in [1.807, 2.05) is 36.2 Å². The standard InChI is InChI=1S/C16H21N3O2/c1-18-14-9-3-2-8-13(14)15(17-18)16(21)19(10-5-11-20)12-6-4-7-12/h2-3,8-9,12,20H,4-7,10-11H2,1H3. The van der Waals surface area contributed by atoms with Gasteiger partial charge in [-0.25, -0.2) is 0 Å². The number of hydrogen-bond acceptors (Lipinski definition) is 3. The molecule has 1 aliphatic carbocycles. The third-order valence-electron chi connectivity index (χ3n) is 4.29. The molecule has 1 fully saturated rings. The van der Waals surface area contributed by atoms with Gasteiger partial charge in [0.2, 0.25) is 0 Å². The average molecular weight is 287 g/mol. The number of aryl methyl sites for hydroxylation is 1. The maximum Gasteiger partial charge on any atom is 0.275 e. The summed E-state index contributed by atoms with van der Waals surface area (Å²) in [5.74, 6) is -0.00931. The number of hydrogen-bond donors (Lipinski definition) is 1. The van der Waals surface area contributed by atoms with E-state index in [0.717, 1.165) is 23.7 Å². The Morgan fingerprint density at radius 2 is 2.19 bits per heavy atom. The molecule has 1 amide bonds. The number of nitrogens with zero attached hydrogens (tertiary/aromatic N) is 3. The Bertz CT molecular complexity index is 646. The zero-order valence-corrected chi connectivity index (χ0v) is 12.3. The molecule has 1 saturated carbocycles. The summed E-state index contributed by atoms with van der Waals surface area (Å²) in [5, 5.41) is 14.4. The van der Waals surface area contributed by atoms with E-state index in [0.29, 0.717) is 24.7 Å². The number of benzene rings is 1. The molecule has 0 bridgehead atoms. The van der Waals surface area contributed by atoms with Crippen LogP contribution >= 0.6 is 0 Å². The first kappa shape index (κ1) is 14.1. The van der Waals surface area contributed by atoms with Crippen LogP contribution in [0.3, 0.4) is 0 Å². The highest BCUT2D eigenvalue weighted by atomic mass is 16.3. The van der Waals surface area contributed by atoms with Crippen molar-refractivity contribution in [3.8, 4) is 0 Å². The van der Waals surface area contributed by atoms with Gasteiger partial charge in [-0.05, 0) is 31.7 Å². The van der Waals surface area contributed by atoms with E-state index in [1.165, 1.54) is 6.42 Å². The number of amides is 1. The molecule has 0 radical (unpaired) electrons. The van der Waals surface area contributed by atoms with E-state index in [2.05, 4.69) is 5.10 Å². The average Bonchev–Trinajstić information content (AvgIpc) is 2.78. The molecule has 0 saturated heterocycles. The quantitative estimate of drug-likeness (QED) is 0.914. The normalized spacial score (nSPS) is 15.1. The first-order valence-corrected chi connectivity index (χ1v) is 7.56. The monoisotopic (exact) mass is 287 g/mol. The molecule has 0 aliphatic heterocycles. The van der Waals surface area contributed by atoms with Crippen LogP contribution < -0.4 is 0 Å². The molecule has 5 heteroatoms. The van der Waals surface area contributed by atoms with E-state index in [-0.39, 0.29) is 12.5 Å². The van der Waals surface area contributed by atoms with Crippen molar-refractivity contribution in [2.24, 2.45) is 7.05 Å². The summed E-state index contributed by atoms with van der Waals surface area (Å²) in [7, 11) is 1.86. The van der Waals surface area contributed by atoms with Crippen molar-refractivity contribution in [1.29, 1.82) is 0 Å². The Hall–Kier alpha value is -1.88. The van der Waals surface area contributed by atoms with Gasteiger partial charge in [-0.15, -0.1) is 0 Å². The topological polar surface area (TPSA) is 58.4 Å². The second-order valence-corrected chi connectivity index (χ2v) is 5.65. The zero-order valence-electron chi connectivity index (χ0n) is 12.3. The second-order valence-electron chi connectivity index (χ2n) is 5.65. The summed E-state index contributed by atoms with van der Waals surface area (Å²) in [4.78, 5) is 14.8. The molecule has 3 rings (SSSR count). The zero-order chi connectivity index (χ0) is 14.8. The summed E-state index contributed by atoms with van der Waals surface area (Å²) in [6.45, 7) is 0.713. The molecule has 0 spiro atoms. The van der Waals surface area contributed by atoms with Crippen LogP contribution in [0, 0.1) is 0 Å². The maximum atomic E-state index is 12.9. The number of carbonyl (C=O) groups is 1. The SMILES string of the molecule is Cn1nc(C(=O)N(CCCO)C2CCC2)c2ccccc21. The Kier molecular flexibility index (Phi) is 3.92. The highest BCUT2D eigenvalue weighted by molar-refractivity contribution is 6.05. The summed E-state index contributed by atoms with van der Waals surface area (Å²) in [6, 6.07) is 8.11. The van der Waals surface area contributed by atoms with Crippen molar-refractivity contribution in [2.45, 2.75) is 31.7 Å². The number of aliphatic hydroxyl groups excluding tert-OH is 1. The lowest BCUT2D eigenvalue weighted by Gasteiger charge is -2.37. The van der Waals surface area contributed by atoms with Crippen LogP contribution in [0.15, 0.2) is 24.3 Å². The van der Waals surface area contributed by atoms with Gasteiger partial charge in [0.1, 0.15) is 0 Å². The fraction of sp³-hybridized carbons (Fsp3) is 0.500. The largest absolute Gasteiger partial charge is 0.396 e. The van der Waals surface area contributed by atoms with E-state index in [9.17, 15) is 4.79 Å². The predicted octanol–water partition coefficient (Wildman–Crippen LogP) is 1.95. The number of carbonyl (C=O) groups excluding carboxylic acids is 1. The van der Waals surface area contributed by atoms with E-state index < -0.39 is 0 Å². The van der Waals surface area contributed by atoms with Gasteiger partial charge >= 0.3 is 0 Å².